The van der Waals surface area contributed by atoms with Gasteiger partial charge in [-0.15, -0.1) is 6.58 Å². The van der Waals surface area contributed by atoms with Gasteiger partial charge in [0.05, 0.1) is 5.69 Å². The third-order valence-corrected chi connectivity index (χ3v) is 2.81. The number of hydrogen-bond donors (Lipinski definition) is 1. The number of pyridine rings is 1. The molecule has 2 rings (SSSR count). The minimum atomic E-state index is -1.08. The van der Waals surface area contributed by atoms with E-state index < -0.39 is 5.97 Å². The van der Waals surface area contributed by atoms with Crippen LogP contribution in [0.2, 0.25) is 0 Å². The van der Waals surface area contributed by atoms with E-state index in [0.29, 0.717) is 18.7 Å². The lowest BCUT2D eigenvalue weighted by Crippen LogP contribution is -2.26. The molecule has 0 aliphatic carbocycles. The number of carbonyl (C=O) groups excluding carboxylic acids is 1. The van der Waals surface area contributed by atoms with Crippen LogP contribution in [0.5, 0.6) is 0 Å². The summed E-state index contributed by atoms with van der Waals surface area (Å²) in [6, 6.07) is 1.55. The molecule has 0 spiro atoms. The molecule has 1 atom stereocenters. The highest BCUT2D eigenvalue weighted by atomic mass is 16.4. The molecular formula is C12H12N2O3. The number of rotatable bonds is 3. The first-order valence-electron chi connectivity index (χ1n) is 5.23. The predicted octanol–water partition coefficient (Wildman–Crippen LogP) is 1.32. The monoisotopic (exact) mass is 232 g/mol. The molecule has 0 bridgehead atoms. The quantitative estimate of drug-likeness (QED) is 0.798. The summed E-state index contributed by atoms with van der Waals surface area (Å²) in [5.41, 5.74) is 0.451. The molecule has 5 nitrogen and oxygen atoms in total. The van der Waals surface area contributed by atoms with Crippen LogP contribution in [0.3, 0.4) is 0 Å². The summed E-state index contributed by atoms with van der Waals surface area (Å²) in [7, 11) is 0. The van der Waals surface area contributed by atoms with Crippen LogP contribution >= 0.6 is 0 Å². The summed E-state index contributed by atoms with van der Waals surface area (Å²) in [6.07, 6.45) is 4.84. The van der Waals surface area contributed by atoms with Crippen LogP contribution in [0.4, 0.5) is 5.69 Å². The van der Waals surface area contributed by atoms with Crippen LogP contribution in [0.15, 0.2) is 31.1 Å². The molecule has 17 heavy (non-hydrogen) atoms. The fraction of sp³-hybridized carbons (Fsp3) is 0.250. The van der Waals surface area contributed by atoms with E-state index in [2.05, 4.69) is 11.6 Å². The average molecular weight is 232 g/mol. The number of aromatic nitrogens is 1. The molecule has 1 N–H and O–H groups in total. The highest BCUT2D eigenvalue weighted by molar-refractivity contribution is 6.02. The molecule has 1 unspecified atom stereocenters. The van der Waals surface area contributed by atoms with Crippen LogP contribution < -0.4 is 4.90 Å². The summed E-state index contributed by atoms with van der Waals surface area (Å²) >= 11 is 0. The molecule has 1 aliphatic rings. The lowest BCUT2D eigenvalue weighted by Gasteiger charge is -2.17. The highest BCUT2D eigenvalue weighted by Crippen LogP contribution is 2.27. The molecule has 1 aliphatic heterocycles. The molecule has 0 radical (unpaired) electrons. The van der Waals surface area contributed by atoms with Crippen LogP contribution in [-0.4, -0.2) is 28.5 Å². The van der Waals surface area contributed by atoms with Crippen LogP contribution in [0, 0.1) is 5.92 Å². The Morgan fingerprint density at radius 2 is 2.41 bits per heavy atom. The number of carboxylic acids is 1. The van der Waals surface area contributed by atoms with Gasteiger partial charge in [0.25, 0.3) is 0 Å². The summed E-state index contributed by atoms with van der Waals surface area (Å²) in [5.74, 6) is -1.08. The van der Waals surface area contributed by atoms with Gasteiger partial charge in [-0.2, -0.15) is 0 Å². The zero-order valence-electron chi connectivity index (χ0n) is 9.17. The van der Waals surface area contributed by atoms with Gasteiger partial charge in [-0.05, 0) is 6.07 Å². The van der Waals surface area contributed by atoms with Crippen molar-refractivity contribution < 1.29 is 14.7 Å². The molecule has 1 fully saturated rings. The molecule has 0 aromatic carbocycles. The summed E-state index contributed by atoms with van der Waals surface area (Å²) in [5, 5.41) is 9.04. The van der Waals surface area contributed by atoms with Gasteiger partial charge >= 0.3 is 5.97 Å². The Morgan fingerprint density at radius 1 is 1.65 bits per heavy atom. The number of carboxylic acid groups (broad SMARTS) is 1. The van der Waals surface area contributed by atoms with Crippen molar-refractivity contribution in [2.45, 2.75) is 6.42 Å². The Kier molecular flexibility index (Phi) is 2.91. The third-order valence-electron chi connectivity index (χ3n) is 2.81. The van der Waals surface area contributed by atoms with Crippen LogP contribution in [0.1, 0.15) is 16.8 Å². The first kappa shape index (κ1) is 11.3. The van der Waals surface area contributed by atoms with Crippen LogP contribution in [0.25, 0.3) is 0 Å². The second-order valence-electron chi connectivity index (χ2n) is 3.90. The van der Waals surface area contributed by atoms with Crippen molar-refractivity contribution in [1.29, 1.82) is 0 Å². The van der Waals surface area contributed by atoms with Gasteiger partial charge < -0.3 is 10.0 Å². The second kappa shape index (κ2) is 4.37. The van der Waals surface area contributed by atoms with Crippen LogP contribution in [-0.2, 0) is 4.79 Å². The fourth-order valence-electron chi connectivity index (χ4n) is 1.91. The van der Waals surface area contributed by atoms with E-state index in [-0.39, 0.29) is 17.4 Å². The van der Waals surface area contributed by atoms with Gasteiger partial charge in [0.1, 0.15) is 5.56 Å². The second-order valence-corrected chi connectivity index (χ2v) is 3.90. The van der Waals surface area contributed by atoms with Crippen molar-refractivity contribution in [1.82, 2.24) is 4.98 Å². The topological polar surface area (TPSA) is 70.5 Å². The fourth-order valence-corrected chi connectivity index (χ4v) is 1.91. The van der Waals surface area contributed by atoms with Crippen molar-refractivity contribution >= 4 is 17.6 Å². The van der Waals surface area contributed by atoms with Crippen molar-refractivity contribution in [2.75, 3.05) is 11.4 Å². The zero-order chi connectivity index (χ0) is 12.4. The van der Waals surface area contributed by atoms with E-state index in [1.54, 1.807) is 12.1 Å². The Balaban J connectivity index is 2.38. The van der Waals surface area contributed by atoms with E-state index in [4.69, 9.17) is 5.11 Å². The van der Waals surface area contributed by atoms with E-state index >= 15 is 0 Å². The Hall–Kier alpha value is -2.17. The predicted molar refractivity (Wildman–Crippen MR) is 61.9 cm³/mol. The van der Waals surface area contributed by atoms with Gasteiger partial charge in [0.15, 0.2) is 0 Å². The Labute approximate surface area is 98.4 Å². The molecule has 2 heterocycles. The van der Waals surface area contributed by atoms with Gasteiger partial charge in [-0.25, -0.2) is 4.79 Å². The number of hydrogen-bond acceptors (Lipinski definition) is 3. The number of amides is 1. The largest absolute Gasteiger partial charge is 0.478 e. The molecule has 88 valence electrons. The smallest absolute Gasteiger partial charge is 0.339 e. The maximum absolute atomic E-state index is 11.8. The van der Waals surface area contributed by atoms with Gasteiger partial charge in [0.2, 0.25) is 5.91 Å². The van der Waals surface area contributed by atoms with E-state index in [9.17, 15) is 9.59 Å². The first-order chi connectivity index (χ1) is 8.13. The normalized spacial score (nSPS) is 19.4. The van der Waals surface area contributed by atoms with E-state index in [0.717, 1.165) is 0 Å². The molecule has 1 aromatic heterocycles. The summed E-state index contributed by atoms with van der Waals surface area (Å²) in [6.45, 7) is 4.13. The maximum atomic E-state index is 11.8. The van der Waals surface area contributed by atoms with Crippen molar-refractivity contribution in [3.63, 3.8) is 0 Å². The highest BCUT2D eigenvalue weighted by Gasteiger charge is 2.31. The number of aromatic carboxylic acids is 1. The molecule has 0 saturated carbocycles. The zero-order valence-corrected chi connectivity index (χ0v) is 9.17. The Bertz CT molecular complexity index is 484. The summed E-state index contributed by atoms with van der Waals surface area (Å²) in [4.78, 5) is 28.1. The van der Waals surface area contributed by atoms with Gasteiger partial charge in [-0.3, -0.25) is 9.78 Å². The molecule has 5 heteroatoms. The minimum absolute atomic E-state index is 0.0468. The lowest BCUT2D eigenvalue weighted by atomic mass is 10.1. The van der Waals surface area contributed by atoms with E-state index in [1.165, 1.54) is 17.3 Å². The third kappa shape index (κ3) is 2.04. The maximum Gasteiger partial charge on any atom is 0.339 e. The lowest BCUT2D eigenvalue weighted by molar-refractivity contribution is -0.117. The Morgan fingerprint density at radius 3 is 3.00 bits per heavy atom. The number of anilines is 1. The average Bonchev–Trinajstić information content (AvgIpc) is 2.70. The van der Waals surface area contributed by atoms with Gasteiger partial charge in [0, 0.05) is 31.3 Å². The minimum Gasteiger partial charge on any atom is -0.478 e. The standard InChI is InChI=1S/C12H12N2O3/c1-2-8-5-11(15)14(7-8)10-3-4-13-6-9(10)12(16)17/h2-4,6,8H,1,5,7H2,(H,16,17). The number of carbonyl (C=O) groups is 2. The van der Waals surface area contributed by atoms with Crippen molar-refractivity contribution in [3.05, 3.63) is 36.7 Å². The molecule has 1 aromatic rings. The van der Waals surface area contributed by atoms with Crippen molar-refractivity contribution in [2.24, 2.45) is 5.92 Å². The van der Waals surface area contributed by atoms with Gasteiger partial charge in [-0.1, -0.05) is 6.08 Å². The molecule has 1 saturated heterocycles. The first-order valence-corrected chi connectivity index (χ1v) is 5.23. The SMILES string of the molecule is C=CC1CC(=O)N(c2ccncc2C(=O)O)C1. The summed E-state index contributed by atoms with van der Waals surface area (Å²) < 4.78 is 0. The number of nitrogens with zero attached hydrogens (tertiary/aromatic N) is 2. The van der Waals surface area contributed by atoms with Crippen molar-refractivity contribution in [3.8, 4) is 0 Å². The molecule has 1 amide bonds. The molecular weight excluding hydrogens is 220 g/mol. The van der Waals surface area contributed by atoms with E-state index in [1.807, 2.05) is 0 Å².